The van der Waals surface area contributed by atoms with Crippen molar-refractivity contribution < 1.29 is 28.6 Å². The standard InChI is InChI=1S/C34H32FN3O5S2/c1-3-4-5-15-42-26-8-6-7-22(18-26)29-28(30(39)23-11-14-27-24(17-23)16-20(2)43-27)31(40)32(41)38(29)33-36-37-34(45-33)44-19-21-9-12-25(35)13-10-21/h6-14,17-18,20,29,39H,3-5,15-16,19H2,1-2H3/b30-28+. The van der Waals surface area contributed by atoms with Crippen LogP contribution < -0.4 is 14.4 Å². The highest BCUT2D eigenvalue weighted by Gasteiger charge is 2.48. The fraction of sp³-hybridized carbons (Fsp3) is 0.294. The summed E-state index contributed by atoms with van der Waals surface area (Å²) in [6.45, 7) is 4.63. The molecular weight excluding hydrogens is 614 g/mol. The number of carbonyl (C=O) groups is 2. The minimum Gasteiger partial charge on any atom is -0.507 e. The number of unbranched alkanes of at least 4 members (excludes halogenated alkanes) is 2. The molecule has 6 rings (SSSR count). The van der Waals surface area contributed by atoms with Gasteiger partial charge in [-0.3, -0.25) is 14.5 Å². The summed E-state index contributed by atoms with van der Waals surface area (Å²) in [5.74, 6) is -0.333. The number of amides is 1. The van der Waals surface area contributed by atoms with E-state index in [9.17, 15) is 19.1 Å². The second kappa shape index (κ2) is 13.4. The van der Waals surface area contributed by atoms with Crippen molar-refractivity contribution in [2.75, 3.05) is 11.5 Å². The summed E-state index contributed by atoms with van der Waals surface area (Å²) in [7, 11) is 0. The molecular formula is C34H32FN3O5S2. The molecule has 0 bridgehead atoms. The number of rotatable bonds is 11. The maximum Gasteiger partial charge on any atom is 0.301 e. The topological polar surface area (TPSA) is 102 Å². The molecule has 3 heterocycles. The normalized spacial score (nSPS) is 18.7. The van der Waals surface area contributed by atoms with Gasteiger partial charge in [-0.1, -0.05) is 67.1 Å². The van der Waals surface area contributed by atoms with E-state index in [2.05, 4.69) is 17.1 Å². The fourth-order valence-corrected chi connectivity index (χ4v) is 7.29. The first-order chi connectivity index (χ1) is 21.8. The molecule has 11 heteroatoms. The Hall–Kier alpha value is -4.22. The molecule has 45 heavy (non-hydrogen) atoms. The summed E-state index contributed by atoms with van der Waals surface area (Å²) in [4.78, 5) is 28.7. The van der Waals surface area contributed by atoms with Gasteiger partial charge in [-0.2, -0.15) is 0 Å². The van der Waals surface area contributed by atoms with Crippen LogP contribution in [0.4, 0.5) is 9.52 Å². The van der Waals surface area contributed by atoms with Gasteiger partial charge in [0, 0.05) is 17.7 Å². The number of aromatic nitrogens is 2. The molecule has 2 aliphatic rings. The number of nitrogens with zero attached hydrogens (tertiary/aromatic N) is 3. The first-order valence-corrected chi connectivity index (χ1v) is 16.7. The molecule has 2 aliphatic heterocycles. The smallest absolute Gasteiger partial charge is 0.301 e. The molecule has 2 atom stereocenters. The summed E-state index contributed by atoms with van der Waals surface area (Å²) in [6.07, 6.45) is 3.70. The molecule has 0 aliphatic carbocycles. The minimum atomic E-state index is -0.962. The van der Waals surface area contributed by atoms with E-state index in [1.807, 2.05) is 19.1 Å². The van der Waals surface area contributed by atoms with Crippen molar-refractivity contribution in [2.24, 2.45) is 0 Å². The van der Waals surface area contributed by atoms with Crippen LogP contribution in [0.1, 0.15) is 61.4 Å². The van der Waals surface area contributed by atoms with Gasteiger partial charge in [0.2, 0.25) is 5.13 Å². The zero-order valence-corrected chi connectivity index (χ0v) is 26.5. The Labute approximate surface area is 268 Å². The predicted molar refractivity (Wildman–Crippen MR) is 172 cm³/mol. The van der Waals surface area contributed by atoms with E-state index in [0.717, 1.165) is 36.1 Å². The van der Waals surface area contributed by atoms with Crippen LogP contribution in [0.15, 0.2) is 76.6 Å². The van der Waals surface area contributed by atoms with Crippen molar-refractivity contribution in [3.8, 4) is 11.5 Å². The Bertz CT molecular complexity index is 1760. The summed E-state index contributed by atoms with van der Waals surface area (Å²) in [5, 5.41) is 20.4. The number of thioether (sulfide) groups is 1. The lowest BCUT2D eigenvalue weighted by atomic mass is 9.94. The number of Topliss-reactive ketones (excluding diaryl/α,β-unsaturated/α-hetero) is 1. The lowest BCUT2D eigenvalue weighted by molar-refractivity contribution is -0.132. The molecule has 0 radical (unpaired) electrons. The van der Waals surface area contributed by atoms with Gasteiger partial charge < -0.3 is 14.6 Å². The third kappa shape index (κ3) is 6.60. The van der Waals surface area contributed by atoms with Gasteiger partial charge in [-0.25, -0.2) is 4.39 Å². The number of ketones is 1. The summed E-state index contributed by atoms with van der Waals surface area (Å²) >= 11 is 2.57. The Morgan fingerprint density at radius 2 is 1.93 bits per heavy atom. The molecule has 1 N–H and O–H groups in total. The molecule has 2 unspecified atom stereocenters. The van der Waals surface area contributed by atoms with Gasteiger partial charge in [-0.15, -0.1) is 10.2 Å². The van der Waals surface area contributed by atoms with Crippen LogP contribution in [0, 0.1) is 5.82 Å². The number of carbonyl (C=O) groups excluding carboxylic acids is 2. The first kappa shape index (κ1) is 30.8. The number of fused-ring (bicyclic) bond motifs is 1. The van der Waals surface area contributed by atoms with Gasteiger partial charge in [0.05, 0.1) is 18.2 Å². The van der Waals surface area contributed by atoms with Crippen molar-refractivity contribution in [2.45, 2.75) is 61.8 Å². The largest absolute Gasteiger partial charge is 0.507 e. The van der Waals surface area contributed by atoms with E-state index < -0.39 is 17.7 Å². The minimum absolute atomic E-state index is 0.00979. The molecule has 1 amide bonds. The van der Waals surface area contributed by atoms with Gasteiger partial charge in [-0.05, 0) is 72.5 Å². The highest BCUT2D eigenvalue weighted by molar-refractivity contribution is 8.00. The maximum atomic E-state index is 13.7. The molecule has 1 aromatic heterocycles. The van der Waals surface area contributed by atoms with E-state index in [1.54, 1.807) is 42.5 Å². The molecule has 1 saturated heterocycles. The van der Waals surface area contributed by atoms with Crippen LogP contribution in [0.25, 0.3) is 5.76 Å². The zero-order chi connectivity index (χ0) is 31.5. The average Bonchev–Trinajstić information content (AvgIpc) is 3.73. The van der Waals surface area contributed by atoms with E-state index in [4.69, 9.17) is 9.47 Å². The van der Waals surface area contributed by atoms with E-state index in [1.165, 1.54) is 40.1 Å². The lowest BCUT2D eigenvalue weighted by Crippen LogP contribution is -2.29. The van der Waals surface area contributed by atoms with E-state index in [-0.39, 0.29) is 28.4 Å². The van der Waals surface area contributed by atoms with Crippen LogP contribution in [-0.2, 0) is 21.8 Å². The van der Waals surface area contributed by atoms with Crippen LogP contribution in [0.5, 0.6) is 11.5 Å². The first-order valence-electron chi connectivity index (χ1n) is 14.9. The Morgan fingerprint density at radius 3 is 2.73 bits per heavy atom. The summed E-state index contributed by atoms with van der Waals surface area (Å²) in [6, 6.07) is 17.8. The van der Waals surface area contributed by atoms with Crippen molar-refractivity contribution in [1.29, 1.82) is 0 Å². The number of benzene rings is 3. The highest BCUT2D eigenvalue weighted by atomic mass is 32.2. The molecule has 8 nitrogen and oxygen atoms in total. The Morgan fingerprint density at radius 1 is 1.11 bits per heavy atom. The highest BCUT2D eigenvalue weighted by Crippen LogP contribution is 2.45. The Balaban J connectivity index is 1.37. The number of hydrogen-bond acceptors (Lipinski definition) is 9. The molecule has 232 valence electrons. The third-order valence-electron chi connectivity index (χ3n) is 7.68. The number of aliphatic hydroxyl groups is 1. The average molecular weight is 646 g/mol. The van der Waals surface area contributed by atoms with Crippen LogP contribution in [-0.4, -0.2) is 39.7 Å². The van der Waals surface area contributed by atoms with Gasteiger partial charge in [0.25, 0.3) is 5.78 Å². The van der Waals surface area contributed by atoms with Crippen LogP contribution in [0.2, 0.25) is 0 Å². The molecule has 4 aromatic rings. The van der Waals surface area contributed by atoms with Crippen LogP contribution in [0.3, 0.4) is 0 Å². The second-order valence-electron chi connectivity index (χ2n) is 11.0. The van der Waals surface area contributed by atoms with Crippen molar-refractivity contribution in [3.63, 3.8) is 0 Å². The van der Waals surface area contributed by atoms with Crippen molar-refractivity contribution in [3.05, 3.63) is 100 Å². The van der Waals surface area contributed by atoms with E-state index >= 15 is 0 Å². The maximum absolute atomic E-state index is 13.7. The number of ether oxygens (including phenoxy) is 2. The third-order valence-corrected chi connectivity index (χ3v) is 9.81. The lowest BCUT2D eigenvalue weighted by Gasteiger charge is -2.23. The van der Waals surface area contributed by atoms with Gasteiger partial charge >= 0.3 is 5.91 Å². The second-order valence-corrected chi connectivity index (χ2v) is 13.2. The monoisotopic (exact) mass is 645 g/mol. The van der Waals surface area contributed by atoms with E-state index in [0.29, 0.717) is 40.0 Å². The number of aliphatic hydroxyl groups excluding tert-OH is 1. The van der Waals surface area contributed by atoms with Crippen molar-refractivity contribution in [1.82, 2.24) is 10.2 Å². The Kier molecular flexibility index (Phi) is 9.18. The molecule has 1 fully saturated rings. The molecule has 0 saturated carbocycles. The summed E-state index contributed by atoms with van der Waals surface area (Å²) < 4.78 is 25.7. The van der Waals surface area contributed by atoms with Crippen LogP contribution >= 0.6 is 23.1 Å². The SMILES string of the molecule is CCCCCOc1cccc(C2/C(=C(\O)c3ccc4c(c3)CC(C)O4)C(=O)C(=O)N2c2nnc(SCc3ccc(F)cc3)s2)c1. The number of anilines is 1. The van der Waals surface area contributed by atoms with Gasteiger partial charge in [0.15, 0.2) is 4.34 Å². The molecule has 0 spiro atoms. The molecule has 3 aromatic carbocycles. The van der Waals surface area contributed by atoms with Crippen molar-refractivity contribution >= 4 is 45.7 Å². The zero-order valence-electron chi connectivity index (χ0n) is 24.9. The van der Waals surface area contributed by atoms with Gasteiger partial charge in [0.1, 0.15) is 29.2 Å². The number of halogens is 1. The number of hydrogen-bond donors (Lipinski definition) is 1. The quantitative estimate of drug-likeness (QED) is 0.0447. The predicted octanol–water partition coefficient (Wildman–Crippen LogP) is 7.49. The fourth-order valence-electron chi connectivity index (χ4n) is 5.47. The summed E-state index contributed by atoms with van der Waals surface area (Å²) in [5.41, 5.74) is 2.81.